The van der Waals surface area contributed by atoms with E-state index in [4.69, 9.17) is 9.84 Å². The lowest BCUT2D eigenvalue weighted by Gasteiger charge is -2.26. The van der Waals surface area contributed by atoms with E-state index in [1.54, 1.807) is 0 Å². The first kappa shape index (κ1) is 10.5. The van der Waals surface area contributed by atoms with Gasteiger partial charge >= 0.3 is 5.97 Å². The third-order valence-electron chi connectivity index (χ3n) is 2.43. The lowest BCUT2D eigenvalue weighted by molar-refractivity contribution is -0.144. The Morgan fingerprint density at radius 3 is 2.77 bits per heavy atom. The molecule has 4 heteroatoms. The summed E-state index contributed by atoms with van der Waals surface area (Å²) in [5.41, 5.74) is -0.435. The zero-order valence-corrected chi connectivity index (χ0v) is 8.25. The molecule has 0 radical (unpaired) electrons. The lowest BCUT2D eigenvalue weighted by atomic mass is 9.99. The normalized spacial score (nSPS) is 29.4. The molecule has 13 heavy (non-hydrogen) atoms. The van der Waals surface area contributed by atoms with Crippen molar-refractivity contribution in [3.8, 4) is 0 Å². The highest BCUT2D eigenvalue weighted by molar-refractivity contribution is 5.68. The molecule has 0 bridgehead atoms. The predicted molar refractivity (Wildman–Crippen MR) is 48.7 cm³/mol. The van der Waals surface area contributed by atoms with E-state index in [1.165, 1.54) is 0 Å². The molecule has 0 aromatic rings. The molecule has 1 fully saturated rings. The molecule has 1 rings (SSSR count). The average Bonchev–Trinajstić information content (AvgIpc) is 2.31. The summed E-state index contributed by atoms with van der Waals surface area (Å²) in [6.45, 7) is 4.14. The average molecular weight is 187 g/mol. The molecule has 1 aliphatic heterocycles. The largest absolute Gasteiger partial charge is 0.481 e. The van der Waals surface area contributed by atoms with Crippen LogP contribution in [0.4, 0.5) is 0 Å². The third-order valence-corrected chi connectivity index (χ3v) is 2.43. The van der Waals surface area contributed by atoms with Crippen LogP contribution >= 0.6 is 0 Å². The van der Waals surface area contributed by atoms with E-state index < -0.39 is 11.6 Å². The van der Waals surface area contributed by atoms with Crippen LogP contribution < -0.4 is 0 Å². The Labute approximate surface area is 78.5 Å². The van der Waals surface area contributed by atoms with E-state index >= 15 is 0 Å². The number of likely N-dealkylation sites (tertiary alicyclic amines) is 1. The van der Waals surface area contributed by atoms with Crippen LogP contribution in [0.15, 0.2) is 0 Å². The van der Waals surface area contributed by atoms with E-state index in [9.17, 15) is 4.79 Å². The van der Waals surface area contributed by atoms with Gasteiger partial charge in [0.05, 0.1) is 12.0 Å². The Kier molecular flexibility index (Phi) is 3.27. The van der Waals surface area contributed by atoms with Gasteiger partial charge in [0, 0.05) is 19.7 Å². The molecule has 1 heterocycles. The van der Waals surface area contributed by atoms with Gasteiger partial charge in [-0.3, -0.25) is 4.79 Å². The van der Waals surface area contributed by atoms with Crippen molar-refractivity contribution in [1.82, 2.24) is 4.90 Å². The van der Waals surface area contributed by atoms with Gasteiger partial charge < -0.3 is 14.7 Å². The van der Waals surface area contributed by atoms with Gasteiger partial charge in [-0.15, -0.1) is 0 Å². The van der Waals surface area contributed by atoms with E-state index in [2.05, 4.69) is 4.90 Å². The van der Waals surface area contributed by atoms with Gasteiger partial charge in [-0.1, -0.05) is 0 Å². The highest BCUT2D eigenvalue weighted by Crippen LogP contribution is 2.27. The molecule has 1 atom stereocenters. The van der Waals surface area contributed by atoms with Crippen LogP contribution in [0.25, 0.3) is 0 Å². The molecule has 0 spiro atoms. The molecular weight excluding hydrogens is 170 g/mol. The number of ether oxygens (including phenoxy) is 1. The maximum Gasteiger partial charge on any atom is 0.306 e. The Bertz CT molecular complexity index is 191. The number of carboxylic acid groups (broad SMARTS) is 1. The van der Waals surface area contributed by atoms with Crippen molar-refractivity contribution in [3.05, 3.63) is 0 Å². The predicted octanol–water partition coefficient (Wildman–Crippen LogP) is 0.572. The molecule has 1 unspecified atom stereocenters. The minimum Gasteiger partial charge on any atom is -0.481 e. The molecule has 1 aliphatic rings. The zero-order valence-electron chi connectivity index (χ0n) is 8.25. The Balaban J connectivity index is 2.59. The topological polar surface area (TPSA) is 49.8 Å². The Morgan fingerprint density at radius 1 is 1.69 bits per heavy atom. The SMILES string of the molecule is CCOC1(CC(=O)O)CCN(C)C1. The standard InChI is InChI=1S/C9H17NO3/c1-3-13-9(6-8(11)12)4-5-10(2)7-9/h3-7H2,1-2H3,(H,11,12). The summed E-state index contributed by atoms with van der Waals surface area (Å²) in [4.78, 5) is 12.8. The van der Waals surface area contributed by atoms with Gasteiger partial charge in [0.25, 0.3) is 0 Å². The van der Waals surface area contributed by atoms with Crippen molar-refractivity contribution in [2.45, 2.75) is 25.4 Å². The summed E-state index contributed by atoms with van der Waals surface area (Å²) in [5, 5.41) is 8.75. The van der Waals surface area contributed by atoms with Crippen molar-refractivity contribution in [2.75, 3.05) is 26.7 Å². The summed E-state index contributed by atoms with van der Waals surface area (Å²) < 4.78 is 5.55. The molecule has 0 aliphatic carbocycles. The molecule has 76 valence electrons. The maximum absolute atomic E-state index is 10.6. The fourth-order valence-corrected chi connectivity index (χ4v) is 1.94. The number of nitrogens with zero attached hydrogens (tertiary/aromatic N) is 1. The van der Waals surface area contributed by atoms with Crippen LogP contribution in [0.1, 0.15) is 19.8 Å². The van der Waals surface area contributed by atoms with Gasteiger partial charge in [0.15, 0.2) is 0 Å². The minimum atomic E-state index is -0.774. The second-order valence-corrected chi connectivity index (χ2v) is 3.67. The number of rotatable bonds is 4. The molecule has 0 aromatic carbocycles. The van der Waals surface area contributed by atoms with Crippen molar-refractivity contribution in [3.63, 3.8) is 0 Å². The minimum absolute atomic E-state index is 0.116. The van der Waals surface area contributed by atoms with E-state index in [-0.39, 0.29) is 6.42 Å². The maximum atomic E-state index is 10.6. The van der Waals surface area contributed by atoms with Crippen LogP contribution in [0.2, 0.25) is 0 Å². The van der Waals surface area contributed by atoms with Crippen LogP contribution in [-0.4, -0.2) is 48.3 Å². The molecule has 0 aromatic heterocycles. The monoisotopic (exact) mass is 187 g/mol. The summed E-state index contributed by atoms with van der Waals surface area (Å²) >= 11 is 0. The fraction of sp³-hybridized carbons (Fsp3) is 0.889. The first-order valence-electron chi connectivity index (χ1n) is 4.62. The highest BCUT2D eigenvalue weighted by atomic mass is 16.5. The summed E-state index contributed by atoms with van der Waals surface area (Å²) in [6.07, 6.45) is 0.939. The van der Waals surface area contributed by atoms with Crippen LogP contribution in [0.3, 0.4) is 0 Å². The quantitative estimate of drug-likeness (QED) is 0.699. The summed E-state index contributed by atoms with van der Waals surface area (Å²) in [6, 6.07) is 0. The summed E-state index contributed by atoms with van der Waals surface area (Å²) in [7, 11) is 1.99. The summed E-state index contributed by atoms with van der Waals surface area (Å²) in [5.74, 6) is -0.774. The van der Waals surface area contributed by atoms with Crippen molar-refractivity contribution < 1.29 is 14.6 Å². The second kappa shape index (κ2) is 4.07. The highest BCUT2D eigenvalue weighted by Gasteiger charge is 2.39. The third kappa shape index (κ3) is 2.67. The van der Waals surface area contributed by atoms with Gasteiger partial charge in [-0.2, -0.15) is 0 Å². The van der Waals surface area contributed by atoms with E-state index in [0.717, 1.165) is 19.5 Å². The number of carboxylic acids is 1. The lowest BCUT2D eigenvalue weighted by Crippen LogP contribution is -2.37. The first-order valence-corrected chi connectivity index (χ1v) is 4.62. The smallest absolute Gasteiger partial charge is 0.306 e. The van der Waals surface area contributed by atoms with Crippen molar-refractivity contribution in [2.24, 2.45) is 0 Å². The first-order chi connectivity index (χ1) is 6.08. The van der Waals surface area contributed by atoms with Crippen molar-refractivity contribution in [1.29, 1.82) is 0 Å². The van der Waals surface area contributed by atoms with Crippen LogP contribution in [-0.2, 0) is 9.53 Å². The van der Waals surface area contributed by atoms with Crippen LogP contribution in [0, 0.1) is 0 Å². The zero-order chi connectivity index (χ0) is 9.90. The van der Waals surface area contributed by atoms with Gasteiger partial charge in [-0.25, -0.2) is 0 Å². The molecular formula is C9H17NO3. The molecule has 0 amide bonds. The number of aliphatic carboxylic acids is 1. The van der Waals surface area contributed by atoms with Crippen molar-refractivity contribution >= 4 is 5.97 Å². The second-order valence-electron chi connectivity index (χ2n) is 3.67. The van der Waals surface area contributed by atoms with E-state index in [1.807, 2.05) is 14.0 Å². The van der Waals surface area contributed by atoms with Gasteiger partial charge in [0.2, 0.25) is 0 Å². The number of hydrogen-bond acceptors (Lipinski definition) is 3. The number of hydrogen-bond donors (Lipinski definition) is 1. The van der Waals surface area contributed by atoms with Crippen LogP contribution in [0.5, 0.6) is 0 Å². The Morgan fingerprint density at radius 2 is 2.38 bits per heavy atom. The number of carbonyl (C=O) groups is 1. The molecule has 1 N–H and O–H groups in total. The van der Waals surface area contributed by atoms with E-state index in [0.29, 0.717) is 6.61 Å². The molecule has 0 saturated carbocycles. The number of likely N-dealkylation sites (N-methyl/N-ethyl adjacent to an activating group) is 1. The molecule has 4 nitrogen and oxygen atoms in total. The molecule has 1 saturated heterocycles. The van der Waals surface area contributed by atoms with Gasteiger partial charge in [0.1, 0.15) is 0 Å². The fourth-order valence-electron chi connectivity index (χ4n) is 1.94. The van der Waals surface area contributed by atoms with Gasteiger partial charge in [-0.05, 0) is 20.4 Å². The Hall–Kier alpha value is -0.610.